The van der Waals surface area contributed by atoms with Crippen molar-refractivity contribution in [3.8, 4) is 0 Å². The van der Waals surface area contributed by atoms with Crippen LogP contribution >= 0.6 is 15.9 Å². The third kappa shape index (κ3) is 4.15. The van der Waals surface area contributed by atoms with Gasteiger partial charge in [-0.25, -0.2) is 13.4 Å². The summed E-state index contributed by atoms with van der Waals surface area (Å²) in [6.45, 7) is 1.18. The first-order chi connectivity index (χ1) is 12.9. The zero-order valence-corrected chi connectivity index (χ0v) is 16.8. The molecule has 1 fully saturated rings. The number of hydrogen-bond acceptors (Lipinski definition) is 7. The third-order valence-corrected chi connectivity index (χ3v) is 6.37. The fourth-order valence-corrected chi connectivity index (χ4v) is 4.76. The minimum atomic E-state index is -4.66. The summed E-state index contributed by atoms with van der Waals surface area (Å²) >= 11 is 3.15. The maximum absolute atomic E-state index is 13.0. The van der Waals surface area contributed by atoms with Gasteiger partial charge < -0.3 is 10.2 Å². The van der Waals surface area contributed by atoms with Crippen molar-refractivity contribution in [3.05, 3.63) is 46.6 Å². The Bertz CT molecular complexity index is 998. The molecule has 0 spiro atoms. The number of rotatable bonds is 3. The number of piperazine rings is 1. The van der Waals surface area contributed by atoms with Crippen LogP contribution in [0.15, 0.2) is 50.8 Å². The second kappa shape index (κ2) is 7.26. The molecule has 0 unspecified atom stereocenters. The Morgan fingerprint density at radius 3 is 2.54 bits per heavy atom. The standard InChI is InChI=1S/C16H17BrF3N5O2S/c17-13-7-12(8-14(24-13)25-5-4-23-9-15(25,21)22)28(26,27)11-3-1-2-10(6-11)16(18,19)20/h1-3,6-8,23H,4-5,9,21-22H2. The molecule has 5 N–H and O–H groups in total. The number of nitrogens with two attached hydrogens (primary N) is 2. The minimum Gasteiger partial charge on any atom is -0.324 e. The molecule has 0 amide bonds. The second-order valence-electron chi connectivity index (χ2n) is 6.33. The smallest absolute Gasteiger partial charge is 0.324 e. The maximum Gasteiger partial charge on any atom is 0.416 e. The summed E-state index contributed by atoms with van der Waals surface area (Å²) < 4.78 is 65.0. The van der Waals surface area contributed by atoms with Crippen LogP contribution in [0.25, 0.3) is 0 Å². The SMILES string of the molecule is NC1(N)CNCCN1c1cc(S(=O)(=O)c2cccc(C(F)(F)F)c2)cc(Br)n1. The van der Waals surface area contributed by atoms with Crippen LogP contribution in [0.3, 0.4) is 0 Å². The predicted octanol–water partition coefficient (Wildman–Crippen LogP) is 1.68. The molecule has 7 nitrogen and oxygen atoms in total. The van der Waals surface area contributed by atoms with Gasteiger partial charge in [-0.15, -0.1) is 0 Å². The van der Waals surface area contributed by atoms with Gasteiger partial charge in [0.2, 0.25) is 9.84 Å². The van der Waals surface area contributed by atoms with E-state index in [0.717, 1.165) is 18.2 Å². The molecule has 2 heterocycles. The zero-order valence-electron chi connectivity index (χ0n) is 14.4. The number of hydrogen-bond donors (Lipinski definition) is 3. The molecule has 2 aromatic rings. The van der Waals surface area contributed by atoms with Gasteiger partial charge in [0.1, 0.15) is 10.4 Å². The summed E-state index contributed by atoms with van der Waals surface area (Å²) in [5, 5.41) is 3.02. The van der Waals surface area contributed by atoms with Crippen molar-refractivity contribution in [2.45, 2.75) is 21.8 Å². The molecule has 0 aliphatic carbocycles. The average molecular weight is 480 g/mol. The van der Waals surface area contributed by atoms with Gasteiger partial charge in [0.15, 0.2) is 5.79 Å². The van der Waals surface area contributed by atoms with Gasteiger partial charge in [0, 0.05) is 19.6 Å². The van der Waals surface area contributed by atoms with Crippen LogP contribution in [0.2, 0.25) is 0 Å². The number of nitrogens with one attached hydrogen (secondary N) is 1. The molecule has 1 aliphatic heterocycles. The first-order valence-corrected chi connectivity index (χ1v) is 10.3. The molecule has 0 atom stereocenters. The van der Waals surface area contributed by atoms with E-state index in [0.29, 0.717) is 19.2 Å². The third-order valence-electron chi connectivity index (χ3n) is 4.24. The van der Waals surface area contributed by atoms with E-state index in [2.05, 4.69) is 26.2 Å². The van der Waals surface area contributed by atoms with Crippen molar-refractivity contribution in [1.29, 1.82) is 0 Å². The lowest BCUT2D eigenvalue weighted by molar-refractivity contribution is -0.137. The van der Waals surface area contributed by atoms with Gasteiger partial charge >= 0.3 is 6.18 Å². The van der Waals surface area contributed by atoms with E-state index in [1.807, 2.05) is 0 Å². The Morgan fingerprint density at radius 1 is 1.18 bits per heavy atom. The minimum absolute atomic E-state index is 0.185. The van der Waals surface area contributed by atoms with E-state index < -0.39 is 32.3 Å². The number of nitrogens with zero attached hydrogens (tertiary/aromatic N) is 2. The number of pyridine rings is 1. The van der Waals surface area contributed by atoms with Crippen molar-refractivity contribution < 1.29 is 21.6 Å². The molecule has 12 heteroatoms. The molecule has 1 aromatic carbocycles. The fraction of sp³-hybridized carbons (Fsp3) is 0.312. The fourth-order valence-electron chi connectivity index (χ4n) is 2.84. The van der Waals surface area contributed by atoms with E-state index >= 15 is 0 Å². The van der Waals surface area contributed by atoms with Gasteiger partial charge in [-0.05, 0) is 46.3 Å². The zero-order chi connectivity index (χ0) is 20.7. The molecular weight excluding hydrogens is 463 g/mol. The Morgan fingerprint density at radius 2 is 1.89 bits per heavy atom. The number of halogens is 4. The van der Waals surface area contributed by atoms with E-state index in [-0.39, 0.29) is 21.9 Å². The molecule has 0 saturated carbocycles. The highest BCUT2D eigenvalue weighted by atomic mass is 79.9. The van der Waals surface area contributed by atoms with Crippen LogP contribution in [0.4, 0.5) is 19.0 Å². The molecular formula is C16H17BrF3N5O2S. The topological polar surface area (TPSA) is 114 Å². The Hall–Kier alpha value is -1.73. The van der Waals surface area contributed by atoms with E-state index in [9.17, 15) is 21.6 Å². The summed E-state index contributed by atoms with van der Waals surface area (Å²) in [4.78, 5) is 5.07. The van der Waals surface area contributed by atoms with Gasteiger partial charge in [0.25, 0.3) is 0 Å². The summed E-state index contributed by atoms with van der Waals surface area (Å²) in [6, 6.07) is 6.04. The Kier molecular flexibility index (Phi) is 5.44. The highest BCUT2D eigenvalue weighted by Gasteiger charge is 2.34. The lowest BCUT2D eigenvalue weighted by Gasteiger charge is -2.42. The van der Waals surface area contributed by atoms with Crippen LogP contribution in [0.1, 0.15) is 5.56 Å². The summed E-state index contributed by atoms with van der Waals surface area (Å²) in [5.74, 6) is -1.10. The van der Waals surface area contributed by atoms with E-state index in [4.69, 9.17) is 11.5 Å². The number of benzene rings is 1. The van der Waals surface area contributed by atoms with Crippen LogP contribution in [-0.4, -0.2) is 38.8 Å². The maximum atomic E-state index is 13.0. The predicted molar refractivity (Wildman–Crippen MR) is 100 cm³/mol. The molecule has 3 rings (SSSR count). The number of aromatic nitrogens is 1. The monoisotopic (exact) mass is 479 g/mol. The molecule has 1 aromatic heterocycles. The summed E-state index contributed by atoms with van der Waals surface area (Å²) in [6.07, 6.45) is -4.66. The Labute approximate surface area is 168 Å². The van der Waals surface area contributed by atoms with Crippen LogP contribution in [0, 0.1) is 0 Å². The van der Waals surface area contributed by atoms with Crippen LogP contribution in [-0.2, 0) is 16.0 Å². The summed E-state index contributed by atoms with van der Waals surface area (Å²) in [5.41, 5.74) is 11.1. The number of sulfone groups is 1. The normalized spacial score (nSPS) is 17.6. The molecule has 1 aliphatic rings. The quantitative estimate of drug-likeness (QED) is 0.453. The van der Waals surface area contributed by atoms with Crippen molar-refractivity contribution in [3.63, 3.8) is 0 Å². The first-order valence-electron chi connectivity index (χ1n) is 8.07. The number of anilines is 1. The van der Waals surface area contributed by atoms with Crippen molar-refractivity contribution >= 4 is 31.6 Å². The second-order valence-corrected chi connectivity index (χ2v) is 9.09. The lowest BCUT2D eigenvalue weighted by Crippen LogP contribution is -2.72. The van der Waals surface area contributed by atoms with Crippen molar-refractivity contribution in [1.82, 2.24) is 10.3 Å². The highest BCUT2D eigenvalue weighted by molar-refractivity contribution is 9.10. The largest absolute Gasteiger partial charge is 0.416 e. The van der Waals surface area contributed by atoms with Gasteiger partial charge in [-0.2, -0.15) is 13.2 Å². The Balaban J connectivity index is 2.07. The lowest BCUT2D eigenvalue weighted by atomic mass is 10.2. The van der Waals surface area contributed by atoms with E-state index in [1.54, 1.807) is 4.90 Å². The highest BCUT2D eigenvalue weighted by Crippen LogP contribution is 2.33. The first kappa shape index (κ1) is 21.0. The molecule has 1 saturated heterocycles. The molecule has 0 bridgehead atoms. The number of alkyl halides is 3. The van der Waals surface area contributed by atoms with Crippen LogP contribution in [0.5, 0.6) is 0 Å². The van der Waals surface area contributed by atoms with Crippen molar-refractivity contribution in [2.24, 2.45) is 11.5 Å². The summed E-state index contributed by atoms with van der Waals surface area (Å²) in [7, 11) is -4.24. The van der Waals surface area contributed by atoms with Crippen LogP contribution < -0.4 is 21.7 Å². The molecule has 28 heavy (non-hydrogen) atoms. The van der Waals surface area contributed by atoms with Gasteiger partial charge in [0.05, 0.1) is 15.4 Å². The van der Waals surface area contributed by atoms with Gasteiger partial charge in [-0.3, -0.25) is 11.5 Å². The molecule has 0 radical (unpaired) electrons. The van der Waals surface area contributed by atoms with E-state index in [1.165, 1.54) is 12.1 Å². The average Bonchev–Trinajstić information content (AvgIpc) is 2.60. The molecule has 152 valence electrons. The van der Waals surface area contributed by atoms with Crippen molar-refractivity contribution in [2.75, 3.05) is 24.5 Å². The van der Waals surface area contributed by atoms with Gasteiger partial charge in [-0.1, -0.05) is 6.07 Å².